The number of hydrazone groups is 1. The third-order valence-electron chi connectivity index (χ3n) is 6.37. The van der Waals surface area contributed by atoms with E-state index in [1.54, 1.807) is 61.5 Å². The van der Waals surface area contributed by atoms with Crippen molar-refractivity contribution in [2.24, 2.45) is 5.10 Å². The fourth-order valence-electron chi connectivity index (χ4n) is 4.00. The molecule has 0 bridgehead atoms. The standard InChI is InChI=1S/C31H30N4O6S/c1-22-5-16-29(17-6-22)42(39,40)34(30-18-23(2)4-7-24(30)3)20-31(36)33-32-19-25-10-14-28(15-11-25)41-21-26-8-12-27(13-9-26)35(37)38/h4-19H,20-21H2,1-3H3,(H,33,36)/b32-19-. The van der Waals surface area contributed by atoms with Gasteiger partial charge >= 0.3 is 0 Å². The van der Waals surface area contributed by atoms with E-state index in [1.807, 2.05) is 26.0 Å². The van der Waals surface area contributed by atoms with Crippen molar-refractivity contribution in [1.82, 2.24) is 5.43 Å². The molecule has 0 aromatic heterocycles. The average molecular weight is 587 g/mol. The Hall–Kier alpha value is -5.03. The molecular formula is C31H30N4O6S. The van der Waals surface area contributed by atoms with Gasteiger partial charge in [0, 0.05) is 12.1 Å². The first-order valence-corrected chi connectivity index (χ1v) is 14.4. The van der Waals surface area contributed by atoms with Crippen molar-refractivity contribution in [2.45, 2.75) is 32.3 Å². The van der Waals surface area contributed by atoms with Crippen LogP contribution in [0.2, 0.25) is 0 Å². The maximum atomic E-state index is 13.6. The number of sulfonamides is 1. The Kier molecular flexibility index (Phi) is 9.33. The molecule has 0 atom stereocenters. The van der Waals surface area contributed by atoms with Crippen LogP contribution in [-0.2, 0) is 21.4 Å². The summed E-state index contributed by atoms with van der Waals surface area (Å²) in [5, 5.41) is 14.8. The van der Waals surface area contributed by atoms with Gasteiger partial charge in [-0.05, 0) is 97.6 Å². The number of carbonyl (C=O) groups is 1. The number of benzene rings is 4. The second kappa shape index (κ2) is 13.1. The Bertz CT molecular complexity index is 1700. The second-order valence-electron chi connectivity index (χ2n) is 9.69. The van der Waals surface area contributed by atoms with Crippen molar-refractivity contribution in [3.8, 4) is 5.75 Å². The highest BCUT2D eigenvalue weighted by atomic mass is 32.2. The van der Waals surface area contributed by atoms with Crippen LogP contribution in [0.15, 0.2) is 101 Å². The molecule has 0 saturated heterocycles. The van der Waals surface area contributed by atoms with Gasteiger partial charge in [0.1, 0.15) is 18.9 Å². The number of non-ortho nitro benzene ring substituents is 1. The van der Waals surface area contributed by atoms with E-state index in [9.17, 15) is 23.3 Å². The topological polar surface area (TPSA) is 131 Å². The summed E-state index contributed by atoms with van der Waals surface area (Å²) in [6, 6.07) is 25.0. The molecule has 10 nitrogen and oxygen atoms in total. The van der Waals surface area contributed by atoms with Crippen LogP contribution in [0.25, 0.3) is 0 Å². The zero-order valence-electron chi connectivity index (χ0n) is 23.4. The van der Waals surface area contributed by atoms with Gasteiger partial charge in [-0.1, -0.05) is 29.8 Å². The number of nitro groups is 1. The zero-order valence-corrected chi connectivity index (χ0v) is 24.2. The number of hydrogen-bond donors (Lipinski definition) is 1. The van der Waals surface area contributed by atoms with Crippen LogP contribution in [0.3, 0.4) is 0 Å². The van der Waals surface area contributed by atoms with E-state index in [0.717, 1.165) is 21.0 Å². The first-order chi connectivity index (χ1) is 20.0. The highest BCUT2D eigenvalue weighted by Gasteiger charge is 2.28. The Labute approximate surface area is 244 Å². The number of ether oxygens (including phenoxy) is 1. The molecule has 4 rings (SSSR count). The summed E-state index contributed by atoms with van der Waals surface area (Å²) < 4.78 is 34.1. The summed E-state index contributed by atoms with van der Waals surface area (Å²) in [6.07, 6.45) is 1.44. The summed E-state index contributed by atoms with van der Waals surface area (Å²) in [5.41, 5.74) is 6.80. The minimum atomic E-state index is -4.04. The number of amides is 1. The maximum Gasteiger partial charge on any atom is 0.269 e. The number of nitrogens with zero attached hydrogens (tertiary/aromatic N) is 3. The molecule has 0 aliphatic heterocycles. The molecule has 216 valence electrons. The van der Waals surface area contributed by atoms with E-state index < -0.39 is 27.4 Å². The van der Waals surface area contributed by atoms with E-state index in [1.165, 1.54) is 30.5 Å². The zero-order chi connectivity index (χ0) is 30.3. The molecule has 11 heteroatoms. The van der Waals surface area contributed by atoms with Crippen molar-refractivity contribution >= 4 is 33.5 Å². The van der Waals surface area contributed by atoms with Crippen LogP contribution in [0.5, 0.6) is 5.75 Å². The predicted molar refractivity (Wildman–Crippen MR) is 161 cm³/mol. The van der Waals surface area contributed by atoms with Crippen LogP contribution in [0, 0.1) is 30.9 Å². The van der Waals surface area contributed by atoms with E-state index >= 15 is 0 Å². The van der Waals surface area contributed by atoms with Gasteiger partial charge in [0.05, 0.1) is 21.7 Å². The molecule has 0 aliphatic rings. The number of rotatable bonds is 11. The minimum Gasteiger partial charge on any atom is -0.489 e. The molecular weight excluding hydrogens is 556 g/mol. The SMILES string of the molecule is Cc1ccc(S(=O)(=O)N(CC(=O)N/N=C\c2ccc(OCc3ccc([N+](=O)[O-])cc3)cc2)c2cc(C)ccc2C)cc1. The molecule has 0 aliphatic carbocycles. The molecule has 0 radical (unpaired) electrons. The first kappa shape index (κ1) is 29.9. The fraction of sp³-hybridized carbons (Fsp3) is 0.161. The number of carbonyl (C=O) groups excluding carboxylic acids is 1. The third kappa shape index (κ3) is 7.58. The van der Waals surface area contributed by atoms with Gasteiger partial charge < -0.3 is 4.74 Å². The molecule has 0 saturated carbocycles. The number of anilines is 1. The molecule has 1 N–H and O–H groups in total. The van der Waals surface area contributed by atoms with Crippen LogP contribution in [0.4, 0.5) is 11.4 Å². The molecule has 0 spiro atoms. The number of nitro benzene ring substituents is 1. The predicted octanol–water partition coefficient (Wildman–Crippen LogP) is 5.44. The number of hydrogen-bond acceptors (Lipinski definition) is 7. The molecule has 4 aromatic carbocycles. The van der Waals surface area contributed by atoms with Crippen LogP contribution < -0.4 is 14.5 Å². The van der Waals surface area contributed by atoms with Gasteiger partial charge in [-0.2, -0.15) is 5.10 Å². The lowest BCUT2D eigenvalue weighted by molar-refractivity contribution is -0.384. The van der Waals surface area contributed by atoms with Gasteiger partial charge in [0.15, 0.2) is 0 Å². The summed E-state index contributed by atoms with van der Waals surface area (Å²) in [7, 11) is -4.04. The van der Waals surface area contributed by atoms with E-state index in [-0.39, 0.29) is 17.2 Å². The van der Waals surface area contributed by atoms with Crippen molar-refractivity contribution in [3.05, 3.63) is 129 Å². The van der Waals surface area contributed by atoms with Crippen molar-refractivity contribution in [3.63, 3.8) is 0 Å². The Morgan fingerprint density at radius 1 is 0.929 bits per heavy atom. The second-order valence-corrected chi connectivity index (χ2v) is 11.6. The minimum absolute atomic E-state index is 0.0142. The Balaban J connectivity index is 1.41. The summed E-state index contributed by atoms with van der Waals surface area (Å²) >= 11 is 0. The van der Waals surface area contributed by atoms with Crippen LogP contribution in [0.1, 0.15) is 27.8 Å². The van der Waals surface area contributed by atoms with Gasteiger partial charge in [0.2, 0.25) is 0 Å². The highest BCUT2D eigenvalue weighted by Crippen LogP contribution is 2.28. The average Bonchev–Trinajstić information content (AvgIpc) is 2.97. The smallest absolute Gasteiger partial charge is 0.269 e. The lowest BCUT2D eigenvalue weighted by Gasteiger charge is -2.25. The molecule has 0 heterocycles. The summed E-state index contributed by atoms with van der Waals surface area (Å²) in [4.78, 5) is 23.3. The molecule has 4 aromatic rings. The first-order valence-electron chi connectivity index (χ1n) is 13.0. The Morgan fingerprint density at radius 3 is 2.21 bits per heavy atom. The lowest BCUT2D eigenvalue weighted by atomic mass is 10.1. The van der Waals surface area contributed by atoms with E-state index in [4.69, 9.17) is 4.74 Å². The highest BCUT2D eigenvalue weighted by molar-refractivity contribution is 7.92. The number of aryl methyl sites for hydroxylation is 3. The largest absolute Gasteiger partial charge is 0.489 e. The molecule has 1 amide bonds. The molecule has 0 fully saturated rings. The van der Waals surface area contributed by atoms with Gasteiger partial charge in [0.25, 0.3) is 21.6 Å². The van der Waals surface area contributed by atoms with Crippen molar-refractivity contribution in [2.75, 3.05) is 10.8 Å². The monoisotopic (exact) mass is 586 g/mol. The normalized spacial score (nSPS) is 11.3. The van der Waals surface area contributed by atoms with Crippen LogP contribution in [-0.4, -0.2) is 32.0 Å². The quantitative estimate of drug-likeness (QED) is 0.141. The van der Waals surface area contributed by atoms with Gasteiger partial charge in [-0.25, -0.2) is 13.8 Å². The Morgan fingerprint density at radius 2 is 1.57 bits per heavy atom. The fourth-order valence-corrected chi connectivity index (χ4v) is 5.48. The maximum absolute atomic E-state index is 13.6. The van der Waals surface area contributed by atoms with Crippen molar-refractivity contribution in [1.29, 1.82) is 0 Å². The summed E-state index contributed by atoms with van der Waals surface area (Å²) in [6.45, 7) is 5.29. The third-order valence-corrected chi connectivity index (χ3v) is 8.14. The van der Waals surface area contributed by atoms with Crippen LogP contribution >= 0.6 is 0 Å². The summed E-state index contributed by atoms with van der Waals surface area (Å²) in [5.74, 6) is -0.0223. The lowest BCUT2D eigenvalue weighted by Crippen LogP contribution is -2.40. The number of nitrogens with one attached hydrogen (secondary N) is 1. The van der Waals surface area contributed by atoms with Gasteiger partial charge in [-0.15, -0.1) is 0 Å². The molecule has 42 heavy (non-hydrogen) atoms. The van der Waals surface area contributed by atoms with Crippen molar-refractivity contribution < 1.29 is 22.9 Å². The van der Waals surface area contributed by atoms with Gasteiger partial charge in [-0.3, -0.25) is 19.2 Å². The molecule has 0 unspecified atom stereocenters. The van der Waals surface area contributed by atoms with E-state index in [0.29, 0.717) is 22.6 Å². The van der Waals surface area contributed by atoms with E-state index in [2.05, 4.69) is 10.5 Å².